The van der Waals surface area contributed by atoms with Gasteiger partial charge in [-0.1, -0.05) is 35.9 Å². The van der Waals surface area contributed by atoms with E-state index >= 15 is 0 Å². The van der Waals surface area contributed by atoms with E-state index in [4.69, 9.17) is 26.3 Å². The van der Waals surface area contributed by atoms with Crippen molar-refractivity contribution in [3.8, 4) is 12.1 Å². The molecular weight excluding hydrogens is 534 g/mol. The zero-order chi connectivity index (χ0) is 28.5. The third-order valence-corrected chi connectivity index (χ3v) is 9.40. The highest BCUT2D eigenvalue weighted by atomic mass is 35.5. The van der Waals surface area contributed by atoms with Crippen molar-refractivity contribution in [2.24, 2.45) is 0 Å². The van der Waals surface area contributed by atoms with E-state index in [-0.39, 0.29) is 6.04 Å². The molecule has 6 rings (SSSR count). The van der Waals surface area contributed by atoms with E-state index in [2.05, 4.69) is 70.8 Å². The van der Waals surface area contributed by atoms with Crippen LogP contribution in [0.4, 0.5) is 11.5 Å². The predicted molar refractivity (Wildman–Crippen MR) is 165 cm³/mol. The van der Waals surface area contributed by atoms with Gasteiger partial charge in [-0.25, -0.2) is 0 Å². The standard InChI is InChI=1S/C32H40ClN7O/c1-22(2)40-18-17-39(19-24(40)12-14-34)31-26-13-16-38(29-11-5-8-23-7-4-10-27(33)30(23)29)20-28(26)35-32(36-31)41-21-25-9-6-15-37(25)3/h4-5,7-8,10-11,22,24-25H,6,9,12-13,15-21H2,1-3H3/t24?,25-/m0/s1. The first-order valence-corrected chi connectivity index (χ1v) is 15.3. The molecule has 4 heterocycles. The fraction of sp³-hybridized carbons (Fsp3) is 0.531. The third-order valence-electron chi connectivity index (χ3n) is 9.09. The molecule has 0 amide bonds. The third kappa shape index (κ3) is 5.68. The topological polar surface area (TPSA) is 71.8 Å². The van der Waals surface area contributed by atoms with Gasteiger partial charge in [-0.05, 0) is 64.2 Å². The molecule has 2 saturated heterocycles. The highest BCUT2D eigenvalue weighted by Gasteiger charge is 2.33. The van der Waals surface area contributed by atoms with E-state index in [1.54, 1.807) is 0 Å². The summed E-state index contributed by atoms with van der Waals surface area (Å²) in [5.74, 6) is 0.978. The maximum Gasteiger partial charge on any atom is 0.318 e. The first-order chi connectivity index (χ1) is 19.9. The summed E-state index contributed by atoms with van der Waals surface area (Å²) in [4.78, 5) is 19.6. The molecule has 0 radical (unpaired) electrons. The van der Waals surface area contributed by atoms with Crippen molar-refractivity contribution in [3.05, 3.63) is 52.7 Å². The monoisotopic (exact) mass is 573 g/mol. The molecule has 3 aliphatic rings. The van der Waals surface area contributed by atoms with Gasteiger partial charge in [0, 0.05) is 60.9 Å². The van der Waals surface area contributed by atoms with Crippen LogP contribution in [-0.2, 0) is 13.0 Å². The molecule has 2 atom stereocenters. The van der Waals surface area contributed by atoms with Crippen LogP contribution in [0.15, 0.2) is 36.4 Å². The predicted octanol–water partition coefficient (Wildman–Crippen LogP) is 5.13. The van der Waals surface area contributed by atoms with Crippen LogP contribution in [0, 0.1) is 11.3 Å². The van der Waals surface area contributed by atoms with Gasteiger partial charge in [0.05, 0.1) is 29.8 Å². The summed E-state index contributed by atoms with van der Waals surface area (Å²) in [6, 6.07) is 16.3. The maximum absolute atomic E-state index is 9.58. The average molecular weight is 574 g/mol. The number of hydrogen-bond acceptors (Lipinski definition) is 8. The van der Waals surface area contributed by atoms with Crippen LogP contribution in [0.3, 0.4) is 0 Å². The molecule has 0 spiro atoms. The Balaban J connectivity index is 1.34. The van der Waals surface area contributed by atoms with Crippen molar-refractivity contribution in [1.29, 1.82) is 5.26 Å². The number of nitriles is 1. The lowest BCUT2D eigenvalue weighted by atomic mass is 10.0. The summed E-state index contributed by atoms with van der Waals surface area (Å²) < 4.78 is 6.33. The number of benzene rings is 2. The Morgan fingerprint density at radius 2 is 1.88 bits per heavy atom. The molecule has 1 unspecified atom stereocenters. The van der Waals surface area contributed by atoms with Gasteiger partial charge in [-0.15, -0.1) is 0 Å². The van der Waals surface area contributed by atoms with Crippen molar-refractivity contribution >= 4 is 33.9 Å². The highest BCUT2D eigenvalue weighted by molar-refractivity contribution is 6.36. The second kappa shape index (κ2) is 12.0. The Hall–Kier alpha value is -3.12. The van der Waals surface area contributed by atoms with Crippen LogP contribution in [0.2, 0.25) is 5.02 Å². The largest absolute Gasteiger partial charge is 0.462 e. The summed E-state index contributed by atoms with van der Waals surface area (Å²) in [5.41, 5.74) is 3.35. The number of halogens is 1. The Bertz CT molecular complexity index is 1430. The molecule has 3 aliphatic heterocycles. The molecule has 1 aromatic heterocycles. The van der Waals surface area contributed by atoms with Crippen molar-refractivity contribution in [3.63, 3.8) is 0 Å². The zero-order valence-corrected chi connectivity index (χ0v) is 25.1. The average Bonchev–Trinajstić information content (AvgIpc) is 3.39. The van der Waals surface area contributed by atoms with Gasteiger partial charge in [0.2, 0.25) is 0 Å². The van der Waals surface area contributed by atoms with Gasteiger partial charge in [0.25, 0.3) is 0 Å². The van der Waals surface area contributed by atoms with Crippen molar-refractivity contribution in [1.82, 2.24) is 19.8 Å². The molecule has 0 aliphatic carbocycles. The van der Waals surface area contributed by atoms with E-state index < -0.39 is 0 Å². The van der Waals surface area contributed by atoms with Gasteiger partial charge in [-0.3, -0.25) is 4.90 Å². The fourth-order valence-electron chi connectivity index (χ4n) is 6.85. The minimum Gasteiger partial charge on any atom is -0.462 e. The molecular formula is C32H40ClN7O. The number of ether oxygens (including phenoxy) is 1. The first-order valence-electron chi connectivity index (χ1n) is 15.0. The Labute approximate surface area is 248 Å². The molecule has 8 nitrogen and oxygen atoms in total. The number of hydrogen-bond donors (Lipinski definition) is 0. The van der Waals surface area contributed by atoms with Gasteiger partial charge in [-0.2, -0.15) is 15.2 Å². The zero-order valence-electron chi connectivity index (χ0n) is 24.4. The second-order valence-electron chi connectivity index (χ2n) is 11.9. The van der Waals surface area contributed by atoms with Gasteiger partial charge in [0.15, 0.2) is 0 Å². The summed E-state index contributed by atoms with van der Waals surface area (Å²) >= 11 is 6.71. The van der Waals surface area contributed by atoms with Crippen LogP contribution < -0.4 is 14.5 Å². The second-order valence-corrected chi connectivity index (χ2v) is 12.3. The van der Waals surface area contributed by atoms with Gasteiger partial charge in [0.1, 0.15) is 12.4 Å². The number of fused-ring (bicyclic) bond motifs is 2. The molecule has 9 heteroatoms. The smallest absolute Gasteiger partial charge is 0.318 e. The minimum absolute atomic E-state index is 0.175. The molecule has 0 bridgehead atoms. The lowest BCUT2D eigenvalue weighted by molar-refractivity contribution is 0.138. The van der Waals surface area contributed by atoms with Crippen molar-refractivity contribution in [2.75, 3.05) is 56.2 Å². The number of nitrogens with zero attached hydrogens (tertiary/aromatic N) is 7. The Morgan fingerprint density at radius 1 is 1.05 bits per heavy atom. The van der Waals surface area contributed by atoms with Crippen LogP contribution in [0.5, 0.6) is 6.01 Å². The quantitative estimate of drug-likeness (QED) is 0.385. The van der Waals surface area contributed by atoms with E-state index in [1.165, 1.54) is 12.0 Å². The molecule has 41 heavy (non-hydrogen) atoms. The Morgan fingerprint density at radius 3 is 2.63 bits per heavy atom. The minimum atomic E-state index is 0.175. The van der Waals surface area contributed by atoms with Crippen LogP contribution in [0.1, 0.15) is 44.4 Å². The number of piperazine rings is 1. The fourth-order valence-corrected chi connectivity index (χ4v) is 7.13. The Kier molecular flexibility index (Phi) is 8.21. The number of rotatable bonds is 7. The summed E-state index contributed by atoms with van der Waals surface area (Å²) in [6.45, 7) is 10.2. The van der Waals surface area contributed by atoms with Crippen LogP contribution >= 0.6 is 11.6 Å². The number of likely N-dealkylation sites (tertiary alicyclic amines) is 1. The highest BCUT2D eigenvalue weighted by Crippen LogP contribution is 2.37. The van der Waals surface area contributed by atoms with E-state index in [0.29, 0.717) is 37.7 Å². The number of aromatic nitrogens is 2. The van der Waals surface area contributed by atoms with Crippen molar-refractivity contribution in [2.45, 2.75) is 64.2 Å². The summed E-state index contributed by atoms with van der Waals surface area (Å²) in [7, 11) is 2.16. The first kappa shape index (κ1) is 28.0. The number of likely N-dealkylation sites (N-methyl/N-ethyl adjacent to an activating group) is 1. The summed E-state index contributed by atoms with van der Waals surface area (Å²) in [6.07, 6.45) is 3.68. The molecule has 0 saturated carbocycles. The van der Waals surface area contributed by atoms with Crippen LogP contribution in [0.25, 0.3) is 10.8 Å². The maximum atomic E-state index is 9.58. The molecule has 2 aromatic carbocycles. The van der Waals surface area contributed by atoms with E-state index in [0.717, 1.165) is 78.6 Å². The summed E-state index contributed by atoms with van der Waals surface area (Å²) in [5, 5.41) is 12.6. The number of anilines is 2. The van der Waals surface area contributed by atoms with Crippen molar-refractivity contribution < 1.29 is 4.74 Å². The lowest BCUT2D eigenvalue weighted by Crippen LogP contribution is -2.55. The van der Waals surface area contributed by atoms with E-state index in [9.17, 15) is 5.26 Å². The molecule has 0 N–H and O–H groups in total. The van der Waals surface area contributed by atoms with E-state index in [1.807, 2.05) is 12.1 Å². The SMILES string of the molecule is CC(C)N1CCN(c2nc(OC[C@@H]3CCCN3C)nc3c2CCN(c2cccc4cccc(Cl)c24)C3)CC1CC#N. The normalized spacial score (nSPS) is 21.9. The molecule has 3 aromatic rings. The van der Waals surface area contributed by atoms with Crippen LogP contribution in [-0.4, -0.2) is 84.3 Å². The van der Waals surface area contributed by atoms with Gasteiger partial charge < -0.3 is 19.4 Å². The lowest BCUT2D eigenvalue weighted by Gasteiger charge is -2.44. The molecule has 216 valence electrons. The van der Waals surface area contributed by atoms with Gasteiger partial charge >= 0.3 is 6.01 Å². The molecule has 2 fully saturated rings.